The fourth-order valence-electron chi connectivity index (χ4n) is 3.33. The van der Waals surface area contributed by atoms with Gasteiger partial charge in [-0.3, -0.25) is 4.79 Å². The number of carboxylic acid groups (broad SMARTS) is 1. The number of rotatable bonds is 3. The van der Waals surface area contributed by atoms with E-state index < -0.39 is 5.97 Å². The maximum Gasteiger partial charge on any atom is 0.307 e. The zero-order chi connectivity index (χ0) is 10.6. The molecule has 2 rings (SSSR count). The number of carbonyl (C=O) groups is 1. The number of hydrogen-bond acceptors (Lipinski definition) is 1. The van der Waals surface area contributed by atoms with Crippen LogP contribution in [0.5, 0.6) is 0 Å². The Hall–Kier alpha value is -0.530. The predicted octanol–water partition coefficient (Wildman–Crippen LogP) is 2.92. The summed E-state index contributed by atoms with van der Waals surface area (Å²) in [5, 5.41) is 9.13. The van der Waals surface area contributed by atoms with Crippen molar-refractivity contribution in [2.24, 2.45) is 22.7 Å². The summed E-state index contributed by atoms with van der Waals surface area (Å²) < 4.78 is 0. The lowest BCUT2D eigenvalue weighted by atomic mass is 9.76. The summed E-state index contributed by atoms with van der Waals surface area (Å²) in [4.78, 5) is 11.1. The van der Waals surface area contributed by atoms with Crippen LogP contribution in [-0.4, -0.2) is 11.1 Å². The monoisotopic (exact) mass is 196 g/mol. The first-order chi connectivity index (χ1) is 6.39. The van der Waals surface area contributed by atoms with Crippen LogP contribution < -0.4 is 0 Å². The van der Waals surface area contributed by atoms with Crippen LogP contribution in [0.25, 0.3) is 0 Å². The van der Waals surface area contributed by atoms with Crippen LogP contribution in [-0.2, 0) is 4.79 Å². The molecule has 2 saturated carbocycles. The zero-order valence-corrected chi connectivity index (χ0v) is 9.34. The Morgan fingerprint density at radius 3 is 2.21 bits per heavy atom. The Bertz CT molecular complexity index is 265. The molecule has 0 amide bonds. The molecule has 2 nitrogen and oxygen atoms in total. The van der Waals surface area contributed by atoms with Gasteiger partial charge in [0.15, 0.2) is 0 Å². The molecule has 0 aromatic carbocycles. The van der Waals surface area contributed by atoms with Crippen LogP contribution >= 0.6 is 0 Å². The molecule has 0 aliphatic heterocycles. The fourth-order valence-corrected chi connectivity index (χ4v) is 3.33. The molecule has 1 N–H and O–H groups in total. The molecule has 0 aromatic rings. The summed E-state index contributed by atoms with van der Waals surface area (Å²) >= 11 is 0. The summed E-state index contributed by atoms with van der Waals surface area (Å²) in [6, 6.07) is 0. The van der Waals surface area contributed by atoms with E-state index in [1.54, 1.807) is 0 Å². The van der Waals surface area contributed by atoms with Crippen LogP contribution in [0.15, 0.2) is 0 Å². The lowest BCUT2D eigenvalue weighted by molar-refractivity contribution is -0.140. The van der Waals surface area contributed by atoms with Crippen molar-refractivity contribution in [1.29, 1.82) is 0 Å². The van der Waals surface area contributed by atoms with E-state index in [0.717, 1.165) is 12.3 Å². The van der Waals surface area contributed by atoms with Crippen LogP contribution in [0.2, 0.25) is 0 Å². The van der Waals surface area contributed by atoms with Crippen LogP contribution in [0, 0.1) is 22.7 Å². The van der Waals surface area contributed by atoms with Gasteiger partial charge in [-0.25, -0.2) is 0 Å². The van der Waals surface area contributed by atoms with E-state index in [1.165, 1.54) is 19.3 Å². The first-order valence-corrected chi connectivity index (χ1v) is 5.62. The van der Waals surface area contributed by atoms with Gasteiger partial charge in [0.05, 0.1) is 5.92 Å². The van der Waals surface area contributed by atoms with Crippen molar-refractivity contribution in [3.8, 4) is 0 Å². The molecule has 2 fully saturated rings. The number of carboxylic acids is 1. The van der Waals surface area contributed by atoms with Gasteiger partial charge < -0.3 is 5.11 Å². The lowest BCUT2D eigenvalue weighted by Crippen LogP contribution is -2.18. The van der Waals surface area contributed by atoms with E-state index >= 15 is 0 Å². The molecular weight excluding hydrogens is 176 g/mol. The standard InChI is InChI=1S/C12H20O2/c1-11(2)9(10(13)14)12(11,3)7-8-5-4-6-8/h8-9H,4-7H2,1-3H3,(H,13,14). The van der Waals surface area contributed by atoms with Gasteiger partial charge in [-0.05, 0) is 23.2 Å². The molecule has 0 aromatic heterocycles. The molecule has 14 heavy (non-hydrogen) atoms. The third kappa shape index (κ3) is 1.12. The second-order valence-electron chi connectivity index (χ2n) is 5.91. The quantitative estimate of drug-likeness (QED) is 0.753. The minimum atomic E-state index is -0.600. The molecule has 2 heteroatoms. The van der Waals surface area contributed by atoms with E-state index in [4.69, 9.17) is 5.11 Å². The molecule has 2 atom stereocenters. The normalized spacial score (nSPS) is 40.4. The third-order valence-electron chi connectivity index (χ3n) is 4.93. The third-order valence-corrected chi connectivity index (χ3v) is 4.93. The molecule has 80 valence electrons. The highest BCUT2D eigenvalue weighted by Crippen LogP contribution is 2.72. The molecule has 0 radical (unpaired) electrons. The van der Waals surface area contributed by atoms with Crippen LogP contribution in [0.1, 0.15) is 46.5 Å². The summed E-state index contributed by atoms with van der Waals surface area (Å²) in [7, 11) is 0. The maximum atomic E-state index is 11.1. The van der Waals surface area contributed by atoms with Gasteiger partial charge >= 0.3 is 5.97 Å². The Morgan fingerprint density at radius 2 is 1.93 bits per heavy atom. The molecular formula is C12H20O2. The second-order valence-corrected chi connectivity index (χ2v) is 5.91. The zero-order valence-electron chi connectivity index (χ0n) is 9.34. The minimum Gasteiger partial charge on any atom is -0.481 e. The van der Waals surface area contributed by atoms with Crippen molar-refractivity contribution in [3.05, 3.63) is 0 Å². The van der Waals surface area contributed by atoms with Crippen molar-refractivity contribution < 1.29 is 9.90 Å². The van der Waals surface area contributed by atoms with E-state index in [2.05, 4.69) is 20.8 Å². The second kappa shape index (κ2) is 2.74. The summed E-state index contributed by atoms with van der Waals surface area (Å²) in [5.41, 5.74) is 0.0678. The summed E-state index contributed by atoms with van der Waals surface area (Å²) in [6.07, 6.45) is 5.10. The van der Waals surface area contributed by atoms with Gasteiger partial charge in [-0.15, -0.1) is 0 Å². The van der Waals surface area contributed by atoms with Crippen molar-refractivity contribution in [2.45, 2.75) is 46.5 Å². The minimum absolute atomic E-state index is 0.00836. The van der Waals surface area contributed by atoms with Gasteiger partial charge in [0, 0.05) is 0 Å². The first-order valence-electron chi connectivity index (χ1n) is 5.62. The Kier molecular flexibility index (Phi) is 1.96. The largest absolute Gasteiger partial charge is 0.481 e. The van der Waals surface area contributed by atoms with Gasteiger partial charge in [0.25, 0.3) is 0 Å². The topological polar surface area (TPSA) is 37.3 Å². The van der Waals surface area contributed by atoms with Gasteiger partial charge in [-0.1, -0.05) is 40.0 Å². The maximum absolute atomic E-state index is 11.1. The van der Waals surface area contributed by atoms with Gasteiger partial charge in [0.1, 0.15) is 0 Å². The fraction of sp³-hybridized carbons (Fsp3) is 0.917. The van der Waals surface area contributed by atoms with Crippen molar-refractivity contribution in [2.75, 3.05) is 0 Å². The van der Waals surface area contributed by atoms with Gasteiger partial charge in [0.2, 0.25) is 0 Å². The predicted molar refractivity (Wildman–Crippen MR) is 55.0 cm³/mol. The van der Waals surface area contributed by atoms with Crippen molar-refractivity contribution >= 4 is 5.97 Å². The molecule has 0 saturated heterocycles. The Labute approximate surface area is 85.7 Å². The number of hydrogen-bond donors (Lipinski definition) is 1. The average Bonchev–Trinajstić information content (AvgIpc) is 2.38. The highest BCUT2D eigenvalue weighted by atomic mass is 16.4. The van der Waals surface area contributed by atoms with Crippen molar-refractivity contribution in [1.82, 2.24) is 0 Å². The van der Waals surface area contributed by atoms with E-state index in [0.29, 0.717) is 0 Å². The average molecular weight is 196 g/mol. The smallest absolute Gasteiger partial charge is 0.307 e. The van der Waals surface area contributed by atoms with Crippen LogP contribution in [0.3, 0.4) is 0 Å². The van der Waals surface area contributed by atoms with Crippen molar-refractivity contribution in [3.63, 3.8) is 0 Å². The molecule has 0 spiro atoms. The molecule has 0 heterocycles. The SMILES string of the molecule is CC1(C)C(C(=O)O)C1(C)CC1CCC1. The Balaban J connectivity index is 2.05. The highest BCUT2D eigenvalue weighted by Gasteiger charge is 2.71. The van der Waals surface area contributed by atoms with E-state index in [-0.39, 0.29) is 16.7 Å². The molecule has 2 aliphatic carbocycles. The van der Waals surface area contributed by atoms with Gasteiger partial charge in [-0.2, -0.15) is 0 Å². The lowest BCUT2D eigenvalue weighted by Gasteiger charge is -2.29. The molecule has 2 aliphatic rings. The number of aliphatic carboxylic acids is 1. The highest BCUT2D eigenvalue weighted by molar-refractivity contribution is 5.76. The first kappa shape index (κ1) is 10.0. The summed E-state index contributed by atoms with van der Waals surface area (Å²) in [6.45, 7) is 6.36. The Morgan fingerprint density at radius 1 is 1.36 bits per heavy atom. The molecule has 2 unspecified atom stereocenters. The van der Waals surface area contributed by atoms with Crippen LogP contribution in [0.4, 0.5) is 0 Å². The molecule has 0 bridgehead atoms. The van der Waals surface area contributed by atoms with E-state index in [1.807, 2.05) is 0 Å². The summed E-state index contributed by atoms with van der Waals surface area (Å²) in [5.74, 6) is 0.0936. The van der Waals surface area contributed by atoms with E-state index in [9.17, 15) is 4.79 Å².